The van der Waals surface area contributed by atoms with Crippen molar-refractivity contribution >= 4 is 55.9 Å². The molecule has 0 unspecified atom stereocenters. The highest BCUT2D eigenvalue weighted by Crippen LogP contribution is 2.31. The van der Waals surface area contributed by atoms with Crippen molar-refractivity contribution in [2.75, 3.05) is 11.9 Å². The number of halogens is 1. The van der Waals surface area contributed by atoms with E-state index >= 15 is 0 Å². The van der Waals surface area contributed by atoms with Crippen molar-refractivity contribution < 1.29 is 9.53 Å². The number of rotatable bonds is 6. The number of nitrogens with one attached hydrogen (secondary N) is 1. The Kier molecular flexibility index (Phi) is 5.41. The number of pyridine rings is 1. The molecule has 0 saturated carbocycles. The van der Waals surface area contributed by atoms with E-state index in [1.807, 2.05) is 30.3 Å². The van der Waals surface area contributed by atoms with Crippen LogP contribution in [0.5, 0.6) is 5.75 Å². The second-order valence-electron chi connectivity index (χ2n) is 7.59. The Labute approximate surface area is 190 Å². The van der Waals surface area contributed by atoms with E-state index in [-0.39, 0.29) is 18.9 Å². The molecule has 3 aromatic carbocycles. The first-order chi connectivity index (χ1) is 15.7. The van der Waals surface area contributed by atoms with Crippen LogP contribution in [0, 0.1) is 0 Å². The molecule has 2 aromatic heterocycles. The van der Waals surface area contributed by atoms with Crippen molar-refractivity contribution in [3.05, 3.63) is 77.9 Å². The standard InChI is InChI=1S/C26H22ClN3O2/c1-2-30-22-8-4-3-6-18(22)20-16-17(9-11-23(20)30)29-25(31)13-15-32-24-12-10-21(27)19-7-5-14-28-26(19)24/h3-12,14,16H,2,13,15H2,1H3,(H,29,31). The second-order valence-corrected chi connectivity index (χ2v) is 7.99. The summed E-state index contributed by atoms with van der Waals surface area (Å²) in [5.74, 6) is 0.515. The molecule has 0 aliphatic heterocycles. The molecule has 0 saturated heterocycles. The molecular weight excluding hydrogens is 422 g/mol. The second kappa shape index (κ2) is 8.52. The number of carbonyl (C=O) groups excluding carboxylic acids is 1. The average molecular weight is 444 g/mol. The fourth-order valence-electron chi connectivity index (χ4n) is 4.18. The minimum absolute atomic E-state index is 0.102. The summed E-state index contributed by atoms with van der Waals surface area (Å²) in [4.78, 5) is 16.9. The predicted octanol–water partition coefficient (Wildman–Crippen LogP) is 6.42. The lowest BCUT2D eigenvalue weighted by atomic mass is 10.1. The third kappa shape index (κ3) is 3.65. The Morgan fingerprint density at radius 2 is 1.81 bits per heavy atom. The van der Waals surface area contributed by atoms with Crippen LogP contribution in [0.2, 0.25) is 5.02 Å². The Hall–Kier alpha value is -3.57. The summed E-state index contributed by atoms with van der Waals surface area (Å²) in [5.41, 5.74) is 3.83. The molecule has 2 heterocycles. The molecule has 160 valence electrons. The van der Waals surface area contributed by atoms with E-state index in [0.29, 0.717) is 16.3 Å². The summed E-state index contributed by atoms with van der Waals surface area (Å²) in [5, 5.41) is 6.77. The van der Waals surface area contributed by atoms with Crippen LogP contribution in [-0.4, -0.2) is 22.1 Å². The van der Waals surface area contributed by atoms with Crippen molar-refractivity contribution in [2.24, 2.45) is 0 Å². The van der Waals surface area contributed by atoms with E-state index in [1.165, 1.54) is 10.9 Å². The van der Waals surface area contributed by atoms with Crippen LogP contribution in [-0.2, 0) is 11.3 Å². The lowest BCUT2D eigenvalue weighted by molar-refractivity contribution is -0.116. The van der Waals surface area contributed by atoms with Gasteiger partial charge in [-0.1, -0.05) is 29.8 Å². The van der Waals surface area contributed by atoms with Gasteiger partial charge in [-0.2, -0.15) is 0 Å². The number of amides is 1. The number of ether oxygens (including phenoxy) is 1. The number of hydrogen-bond donors (Lipinski definition) is 1. The minimum atomic E-state index is -0.102. The number of benzene rings is 3. The smallest absolute Gasteiger partial charge is 0.227 e. The molecule has 5 aromatic rings. The summed E-state index contributed by atoms with van der Waals surface area (Å²) in [6, 6.07) is 21.7. The number of carbonyl (C=O) groups is 1. The van der Waals surface area contributed by atoms with Gasteiger partial charge in [0.25, 0.3) is 0 Å². The number of fused-ring (bicyclic) bond motifs is 4. The van der Waals surface area contributed by atoms with Crippen molar-refractivity contribution in [1.29, 1.82) is 0 Å². The Morgan fingerprint density at radius 3 is 2.69 bits per heavy atom. The van der Waals surface area contributed by atoms with E-state index in [2.05, 4.69) is 46.1 Å². The van der Waals surface area contributed by atoms with Gasteiger partial charge in [-0.05, 0) is 55.5 Å². The molecule has 0 aliphatic rings. The van der Waals surface area contributed by atoms with E-state index in [1.54, 1.807) is 18.3 Å². The van der Waals surface area contributed by atoms with Gasteiger partial charge in [0.2, 0.25) is 5.91 Å². The van der Waals surface area contributed by atoms with Gasteiger partial charge in [0.15, 0.2) is 0 Å². The number of anilines is 1. The quantitative estimate of drug-likeness (QED) is 0.329. The molecule has 0 fully saturated rings. The van der Waals surface area contributed by atoms with Crippen molar-refractivity contribution in [3.8, 4) is 5.75 Å². The van der Waals surface area contributed by atoms with Gasteiger partial charge in [-0.3, -0.25) is 9.78 Å². The molecule has 1 N–H and O–H groups in total. The molecule has 32 heavy (non-hydrogen) atoms. The van der Waals surface area contributed by atoms with Crippen LogP contribution in [0.25, 0.3) is 32.7 Å². The third-order valence-electron chi connectivity index (χ3n) is 5.64. The molecule has 1 amide bonds. The molecular formula is C26H22ClN3O2. The molecule has 0 radical (unpaired) electrons. The number of aromatic nitrogens is 2. The highest BCUT2D eigenvalue weighted by atomic mass is 35.5. The first-order valence-corrected chi connectivity index (χ1v) is 11.0. The molecule has 0 atom stereocenters. The van der Waals surface area contributed by atoms with Gasteiger partial charge in [-0.15, -0.1) is 0 Å². The first-order valence-electron chi connectivity index (χ1n) is 10.6. The predicted molar refractivity (Wildman–Crippen MR) is 131 cm³/mol. The van der Waals surface area contributed by atoms with E-state index < -0.39 is 0 Å². The van der Waals surface area contributed by atoms with Gasteiger partial charge < -0.3 is 14.6 Å². The number of aryl methyl sites for hydroxylation is 1. The zero-order valence-corrected chi connectivity index (χ0v) is 18.4. The number of para-hydroxylation sites is 1. The number of hydrogen-bond acceptors (Lipinski definition) is 3. The van der Waals surface area contributed by atoms with Crippen LogP contribution in [0.1, 0.15) is 13.3 Å². The van der Waals surface area contributed by atoms with E-state index in [4.69, 9.17) is 16.3 Å². The van der Waals surface area contributed by atoms with Crippen molar-refractivity contribution in [1.82, 2.24) is 9.55 Å². The van der Waals surface area contributed by atoms with Gasteiger partial charge in [0, 0.05) is 45.6 Å². The Balaban J connectivity index is 1.30. The fourth-order valence-corrected chi connectivity index (χ4v) is 4.39. The molecule has 0 aliphatic carbocycles. The molecule has 6 heteroatoms. The Morgan fingerprint density at radius 1 is 1.00 bits per heavy atom. The normalized spacial score (nSPS) is 11.3. The van der Waals surface area contributed by atoms with Crippen molar-refractivity contribution in [3.63, 3.8) is 0 Å². The molecule has 0 spiro atoms. The van der Waals surface area contributed by atoms with Crippen LogP contribution >= 0.6 is 11.6 Å². The van der Waals surface area contributed by atoms with Crippen LogP contribution in [0.15, 0.2) is 72.9 Å². The highest BCUT2D eigenvalue weighted by molar-refractivity contribution is 6.35. The lowest BCUT2D eigenvalue weighted by Crippen LogP contribution is -2.15. The molecule has 5 rings (SSSR count). The zero-order chi connectivity index (χ0) is 22.1. The van der Waals surface area contributed by atoms with Gasteiger partial charge in [0.1, 0.15) is 11.3 Å². The SMILES string of the molecule is CCn1c2ccccc2c2cc(NC(=O)CCOc3ccc(Cl)c4cccnc34)ccc21. The monoisotopic (exact) mass is 443 g/mol. The van der Waals surface area contributed by atoms with Gasteiger partial charge in [-0.25, -0.2) is 0 Å². The maximum Gasteiger partial charge on any atom is 0.227 e. The zero-order valence-electron chi connectivity index (χ0n) is 17.6. The summed E-state index contributed by atoms with van der Waals surface area (Å²) in [7, 11) is 0. The first kappa shape index (κ1) is 20.3. The largest absolute Gasteiger partial charge is 0.491 e. The highest BCUT2D eigenvalue weighted by Gasteiger charge is 2.12. The fraction of sp³-hybridized carbons (Fsp3) is 0.154. The maximum atomic E-state index is 12.5. The van der Waals surface area contributed by atoms with E-state index in [9.17, 15) is 4.79 Å². The Bertz CT molecular complexity index is 1460. The summed E-state index contributed by atoms with van der Waals surface area (Å²) in [6.45, 7) is 3.28. The van der Waals surface area contributed by atoms with Crippen LogP contribution < -0.4 is 10.1 Å². The minimum Gasteiger partial charge on any atom is -0.491 e. The van der Waals surface area contributed by atoms with Crippen LogP contribution in [0.4, 0.5) is 5.69 Å². The maximum absolute atomic E-state index is 12.5. The summed E-state index contributed by atoms with van der Waals surface area (Å²) >= 11 is 6.23. The lowest BCUT2D eigenvalue weighted by Gasteiger charge is -2.10. The van der Waals surface area contributed by atoms with Crippen molar-refractivity contribution in [2.45, 2.75) is 19.9 Å². The van der Waals surface area contributed by atoms with Gasteiger partial charge >= 0.3 is 0 Å². The number of nitrogens with zero attached hydrogens (tertiary/aromatic N) is 2. The topological polar surface area (TPSA) is 56.2 Å². The summed E-state index contributed by atoms with van der Waals surface area (Å²) in [6.07, 6.45) is 1.93. The average Bonchev–Trinajstić information content (AvgIpc) is 3.14. The molecule has 0 bridgehead atoms. The van der Waals surface area contributed by atoms with E-state index in [0.717, 1.165) is 28.5 Å². The third-order valence-corrected chi connectivity index (χ3v) is 5.97. The van der Waals surface area contributed by atoms with Gasteiger partial charge in [0.05, 0.1) is 18.1 Å². The summed E-state index contributed by atoms with van der Waals surface area (Å²) < 4.78 is 8.13. The van der Waals surface area contributed by atoms with Crippen LogP contribution in [0.3, 0.4) is 0 Å². The molecule has 5 nitrogen and oxygen atoms in total.